The van der Waals surface area contributed by atoms with Gasteiger partial charge in [-0.1, -0.05) is 0 Å². The van der Waals surface area contributed by atoms with Crippen molar-refractivity contribution in [3.05, 3.63) is 12.5 Å². The fraction of sp³-hybridized carbons (Fsp3) is 0.769. The summed E-state index contributed by atoms with van der Waals surface area (Å²) in [6.45, 7) is 2.32. The van der Waals surface area contributed by atoms with Gasteiger partial charge in [0, 0.05) is 45.6 Å². The molecule has 3 heterocycles. The summed E-state index contributed by atoms with van der Waals surface area (Å²) in [5.74, 6) is 0.529. The average Bonchev–Trinajstić information content (AvgIpc) is 3.07. The van der Waals surface area contributed by atoms with Gasteiger partial charge in [-0.15, -0.1) is 0 Å². The molecule has 2 fully saturated rings. The molecule has 21 heavy (non-hydrogen) atoms. The molecule has 7 nitrogen and oxygen atoms in total. The van der Waals surface area contributed by atoms with Crippen LogP contribution in [0.25, 0.3) is 0 Å². The fourth-order valence-electron chi connectivity index (χ4n) is 3.27. The van der Waals surface area contributed by atoms with E-state index in [1.165, 1.54) is 16.8 Å². The Bertz CT molecular complexity index is 594. The Labute approximate surface area is 125 Å². The molecule has 0 amide bonds. The minimum absolute atomic E-state index is 0.0951. The molecule has 0 unspecified atom stereocenters. The molecule has 0 aliphatic carbocycles. The summed E-state index contributed by atoms with van der Waals surface area (Å²) in [6, 6.07) is -0.129. The van der Waals surface area contributed by atoms with E-state index in [2.05, 4.69) is 4.98 Å². The quantitative estimate of drug-likeness (QED) is 0.834. The Morgan fingerprint density at radius 3 is 2.86 bits per heavy atom. The average molecular weight is 314 g/mol. The van der Waals surface area contributed by atoms with Crippen molar-refractivity contribution in [2.75, 3.05) is 26.3 Å². The molecule has 3 rings (SSSR count). The maximum absolute atomic E-state index is 12.6. The number of hydrogen-bond acceptors (Lipinski definition) is 5. The van der Waals surface area contributed by atoms with E-state index in [4.69, 9.17) is 10.5 Å². The number of nitrogens with zero attached hydrogens (tertiary/aromatic N) is 3. The lowest BCUT2D eigenvalue weighted by Crippen LogP contribution is -2.37. The van der Waals surface area contributed by atoms with Crippen LogP contribution in [0.3, 0.4) is 0 Å². The first-order valence-electron chi connectivity index (χ1n) is 7.30. The third-order valence-electron chi connectivity index (χ3n) is 4.47. The third-order valence-corrected chi connectivity index (χ3v) is 6.18. The number of hydrogen-bond donors (Lipinski definition) is 1. The Kier molecular flexibility index (Phi) is 4.04. The number of aryl methyl sites for hydroxylation is 1. The summed E-state index contributed by atoms with van der Waals surface area (Å²) in [7, 11) is -1.79. The summed E-state index contributed by atoms with van der Waals surface area (Å²) in [5, 5.41) is 0.0951. The molecule has 0 radical (unpaired) electrons. The maximum Gasteiger partial charge on any atom is 0.262 e. The molecule has 0 saturated carbocycles. The highest BCUT2D eigenvalue weighted by Crippen LogP contribution is 2.31. The van der Waals surface area contributed by atoms with Crippen molar-refractivity contribution in [1.29, 1.82) is 0 Å². The van der Waals surface area contributed by atoms with Gasteiger partial charge in [-0.25, -0.2) is 13.4 Å². The molecule has 0 spiro atoms. The van der Waals surface area contributed by atoms with Crippen molar-refractivity contribution in [2.45, 2.75) is 23.9 Å². The van der Waals surface area contributed by atoms with E-state index in [1.54, 1.807) is 11.6 Å². The number of imidazole rings is 1. The fourth-order valence-corrected chi connectivity index (χ4v) is 4.75. The zero-order valence-corrected chi connectivity index (χ0v) is 13.0. The zero-order chi connectivity index (χ0) is 15.0. The number of aromatic nitrogens is 2. The van der Waals surface area contributed by atoms with Crippen LogP contribution in [0.15, 0.2) is 17.6 Å². The smallest absolute Gasteiger partial charge is 0.262 e. The Morgan fingerprint density at radius 1 is 1.43 bits per heavy atom. The molecule has 1 aromatic rings. The third kappa shape index (κ3) is 2.85. The lowest BCUT2D eigenvalue weighted by atomic mass is 9.85. The highest BCUT2D eigenvalue weighted by atomic mass is 32.2. The molecule has 0 bridgehead atoms. The van der Waals surface area contributed by atoms with E-state index >= 15 is 0 Å². The summed E-state index contributed by atoms with van der Waals surface area (Å²) in [6.07, 6.45) is 5.12. The van der Waals surface area contributed by atoms with Crippen LogP contribution in [-0.2, 0) is 21.8 Å². The van der Waals surface area contributed by atoms with Crippen LogP contribution in [0.5, 0.6) is 0 Å². The maximum atomic E-state index is 12.6. The van der Waals surface area contributed by atoms with Gasteiger partial charge < -0.3 is 15.0 Å². The van der Waals surface area contributed by atoms with Crippen LogP contribution in [0.1, 0.15) is 12.8 Å². The van der Waals surface area contributed by atoms with Crippen LogP contribution >= 0.6 is 0 Å². The zero-order valence-electron chi connectivity index (χ0n) is 12.2. The van der Waals surface area contributed by atoms with Gasteiger partial charge in [0.1, 0.15) is 0 Å². The number of sulfonamides is 1. The van der Waals surface area contributed by atoms with E-state index in [9.17, 15) is 8.42 Å². The predicted octanol–water partition coefficient (Wildman–Crippen LogP) is -0.205. The molecular weight excluding hydrogens is 292 g/mol. The molecule has 0 aromatic carbocycles. The van der Waals surface area contributed by atoms with Crippen molar-refractivity contribution in [3.63, 3.8) is 0 Å². The first-order chi connectivity index (χ1) is 9.98. The van der Waals surface area contributed by atoms with Gasteiger partial charge in [0.15, 0.2) is 5.03 Å². The van der Waals surface area contributed by atoms with Crippen molar-refractivity contribution >= 4 is 10.0 Å². The number of rotatable bonds is 3. The van der Waals surface area contributed by atoms with E-state index in [0.29, 0.717) is 25.6 Å². The van der Waals surface area contributed by atoms with Crippen molar-refractivity contribution < 1.29 is 13.2 Å². The standard InChI is InChI=1S/C13H22N4O3S/c1-16-7-13(15-9-16)21(18,19)17-5-11(12(14)6-17)10-3-2-4-20-8-10/h7,9-12H,2-6,8,14H2,1H3/t10-,11-,12+/m1/s1. The van der Waals surface area contributed by atoms with Crippen molar-refractivity contribution in [2.24, 2.45) is 24.6 Å². The van der Waals surface area contributed by atoms with E-state index in [0.717, 1.165) is 19.4 Å². The van der Waals surface area contributed by atoms with Gasteiger partial charge in [-0.2, -0.15) is 4.31 Å². The van der Waals surface area contributed by atoms with Crippen LogP contribution in [0.2, 0.25) is 0 Å². The summed E-state index contributed by atoms with van der Waals surface area (Å²) >= 11 is 0. The SMILES string of the molecule is Cn1cnc(S(=O)(=O)N2C[C@H]([C@@H]3CCCOC3)[C@@H](N)C2)c1. The van der Waals surface area contributed by atoms with Gasteiger partial charge in [0.2, 0.25) is 0 Å². The van der Waals surface area contributed by atoms with E-state index in [1.807, 2.05) is 0 Å². The van der Waals surface area contributed by atoms with Crippen molar-refractivity contribution in [3.8, 4) is 0 Å². The first kappa shape index (κ1) is 15.0. The number of ether oxygens (including phenoxy) is 1. The van der Waals surface area contributed by atoms with Crippen LogP contribution in [0.4, 0.5) is 0 Å². The van der Waals surface area contributed by atoms with Crippen molar-refractivity contribution in [1.82, 2.24) is 13.9 Å². The minimum atomic E-state index is -3.54. The number of nitrogens with two attached hydrogens (primary N) is 1. The second-order valence-electron chi connectivity index (χ2n) is 6.00. The summed E-state index contributed by atoms with van der Waals surface area (Å²) < 4.78 is 33.8. The normalized spacial score (nSPS) is 31.6. The molecule has 3 atom stereocenters. The lowest BCUT2D eigenvalue weighted by Gasteiger charge is -2.29. The van der Waals surface area contributed by atoms with Gasteiger partial charge >= 0.3 is 0 Å². The minimum Gasteiger partial charge on any atom is -0.381 e. The molecule has 2 saturated heterocycles. The first-order valence-corrected chi connectivity index (χ1v) is 8.74. The monoisotopic (exact) mass is 314 g/mol. The second kappa shape index (κ2) is 5.68. The highest BCUT2D eigenvalue weighted by molar-refractivity contribution is 7.89. The molecule has 2 aliphatic rings. The molecular formula is C13H22N4O3S. The van der Waals surface area contributed by atoms with Crippen LogP contribution in [-0.4, -0.2) is 54.6 Å². The molecule has 1 aromatic heterocycles. The Balaban J connectivity index is 1.75. The lowest BCUT2D eigenvalue weighted by molar-refractivity contribution is 0.0307. The Morgan fingerprint density at radius 2 is 2.24 bits per heavy atom. The topological polar surface area (TPSA) is 90.5 Å². The Hall–Kier alpha value is -0.960. The van der Waals surface area contributed by atoms with Gasteiger partial charge in [-0.05, 0) is 24.7 Å². The van der Waals surface area contributed by atoms with Gasteiger partial charge in [-0.3, -0.25) is 0 Å². The second-order valence-corrected chi connectivity index (χ2v) is 7.89. The highest BCUT2D eigenvalue weighted by Gasteiger charge is 2.42. The summed E-state index contributed by atoms with van der Waals surface area (Å²) in [4.78, 5) is 3.96. The van der Waals surface area contributed by atoms with Crippen LogP contribution < -0.4 is 5.73 Å². The van der Waals surface area contributed by atoms with Gasteiger partial charge in [0.05, 0.1) is 6.33 Å². The van der Waals surface area contributed by atoms with Crippen LogP contribution in [0, 0.1) is 11.8 Å². The van der Waals surface area contributed by atoms with E-state index < -0.39 is 10.0 Å². The van der Waals surface area contributed by atoms with E-state index in [-0.39, 0.29) is 17.0 Å². The molecule has 2 N–H and O–H groups in total. The molecule has 2 aliphatic heterocycles. The molecule has 118 valence electrons. The molecule has 8 heteroatoms. The van der Waals surface area contributed by atoms with Gasteiger partial charge in [0.25, 0.3) is 10.0 Å². The summed E-state index contributed by atoms with van der Waals surface area (Å²) in [5.41, 5.74) is 6.19. The largest absolute Gasteiger partial charge is 0.381 e. The predicted molar refractivity (Wildman–Crippen MR) is 77.0 cm³/mol.